The first kappa shape index (κ1) is 16.9. The predicted molar refractivity (Wildman–Crippen MR) is 104 cm³/mol. The molecule has 5 nitrogen and oxygen atoms in total. The summed E-state index contributed by atoms with van der Waals surface area (Å²) >= 11 is 4.65. The molecule has 0 bridgehead atoms. The fourth-order valence-electron chi connectivity index (χ4n) is 2.52. The van der Waals surface area contributed by atoms with E-state index < -0.39 is 0 Å². The van der Waals surface area contributed by atoms with Gasteiger partial charge in [-0.05, 0) is 43.3 Å². The summed E-state index contributed by atoms with van der Waals surface area (Å²) in [6.45, 7) is 1.82. The third-order valence-corrected chi connectivity index (χ3v) is 5.24. The number of hydrogen-bond acceptors (Lipinski definition) is 4. The van der Waals surface area contributed by atoms with Crippen molar-refractivity contribution in [1.82, 2.24) is 14.8 Å². The van der Waals surface area contributed by atoms with Crippen LogP contribution in [0.5, 0.6) is 0 Å². The van der Waals surface area contributed by atoms with E-state index in [4.69, 9.17) is 0 Å². The lowest BCUT2D eigenvalue weighted by atomic mass is 10.2. The SMILES string of the molecule is Cc1cc(NC(=O)c2ccc(Br)cc2)n(-c2nc3c(F)cccc3s2)n1. The van der Waals surface area contributed by atoms with Crippen molar-refractivity contribution in [2.75, 3.05) is 5.32 Å². The average molecular weight is 431 g/mol. The molecule has 4 aromatic rings. The van der Waals surface area contributed by atoms with Crippen LogP contribution in [0.1, 0.15) is 16.1 Å². The van der Waals surface area contributed by atoms with Crippen LogP contribution in [0.3, 0.4) is 0 Å². The molecule has 26 heavy (non-hydrogen) atoms. The molecule has 0 aliphatic rings. The van der Waals surface area contributed by atoms with Crippen LogP contribution in [0.2, 0.25) is 0 Å². The monoisotopic (exact) mass is 430 g/mol. The zero-order valence-corrected chi connectivity index (χ0v) is 15.9. The molecule has 0 unspecified atom stereocenters. The molecule has 1 amide bonds. The highest BCUT2D eigenvalue weighted by Crippen LogP contribution is 2.28. The van der Waals surface area contributed by atoms with Crippen LogP contribution in [0.15, 0.2) is 53.0 Å². The molecule has 2 heterocycles. The normalized spacial score (nSPS) is 11.0. The van der Waals surface area contributed by atoms with Gasteiger partial charge < -0.3 is 5.32 Å². The van der Waals surface area contributed by atoms with Crippen molar-refractivity contribution in [3.63, 3.8) is 0 Å². The summed E-state index contributed by atoms with van der Waals surface area (Å²) in [5, 5.41) is 7.72. The van der Waals surface area contributed by atoms with Crippen molar-refractivity contribution in [2.24, 2.45) is 0 Å². The van der Waals surface area contributed by atoms with Crippen LogP contribution in [-0.2, 0) is 0 Å². The molecule has 0 atom stereocenters. The van der Waals surface area contributed by atoms with Gasteiger partial charge in [-0.2, -0.15) is 9.78 Å². The Hall–Kier alpha value is -2.58. The lowest BCUT2D eigenvalue weighted by Crippen LogP contribution is -2.15. The Bertz CT molecular complexity index is 1120. The molecule has 1 N–H and O–H groups in total. The van der Waals surface area contributed by atoms with Gasteiger partial charge in [0.05, 0.1) is 10.4 Å². The van der Waals surface area contributed by atoms with Gasteiger partial charge in [-0.25, -0.2) is 9.37 Å². The Kier molecular flexibility index (Phi) is 4.29. The number of nitrogens with one attached hydrogen (secondary N) is 1. The predicted octanol–water partition coefficient (Wildman–Crippen LogP) is 4.94. The van der Waals surface area contributed by atoms with Crippen LogP contribution in [-0.4, -0.2) is 20.7 Å². The number of amides is 1. The van der Waals surface area contributed by atoms with Gasteiger partial charge >= 0.3 is 0 Å². The number of aryl methyl sites for hydroxylation is 1. The molecule has 0 radical (unpaired) electrons. The van der Waals surface area contributed by atoms with Crippen molar-refractivity contribution in [1.29, 1.82) is 0 Å². The Labute approximate surface area is 160 Å². The van der Waals surface area contributed by atoms with Crippen molar-refractivity contribution in [3.8, 4) is 5.13 Å². The molecule has 0 aliphatic carbocycles. The summed E-state index contributed by atoms with van der Waals surface area (Å²) in [5.74, 6) is -0.157. The lowest BCUT2D eigenvalue weighted by Gasteiger charge is -2.06. The summed E-state index contributed by atoms with van der Waals surface area (Å²) in [6.07, 6.45) is 0. The summed E-state index contributed by atoms with van der Waals surface area (Å²) in [5.41, 5.74) is 1.54. The quantitative estimate of drug-likeness (QED) is 0.500. The van der Waals surface area contributed by atoms with Crippen LogP contribution < -0.4 is 5.32 Å². The fourth-order valence-corrected chi connectivity index (χ4v) is 3.73. The number of aromatic nitrogens is 3. The first-order chi connectivity index (χ1) is 12.5. The summed E-state index contributed by atoms with van der Waals surface area (Å²) in [7, 11) is 0. The van der Waals surface area contributed by atoms with Gasteiger partial charge in [-0.3, -0.25) is 4.79 Å². The molecule has 0 saturated carbocycles. The number of rotatable bonds is 3. The van der Waals surface area contributed by atoms with Crippen LogP contribution in [0.4, 0.5) is 10.2 Å². The minimum absolute atomic E-state index is 0.258. The fraction of sp³-hybridized carbons (Fsp3) is 0.0556. The highest BCUT2D eigenvalue weighted by atomic mass is 79.9. The molecule has 2 aromatic heterocycles. The van der Waals surface area contributed by atoms with E-state index in [9.17, 15) is 9.18 Å². The van der Waals surface area contributed by atoms with E-state index in [1.807, 2.05) is 6.92 Å². The molecule has 0 fully saturated rings. The molecule has 0 spiro atoms. The van der Waals surface area contributed by atoms with Crippen LogP contribution in [0, 0.1) is 12.7 Å². The van der Waals surface area contributed by atoms with Crippen LogP contribution >= 0.6 is 27.3 Å². The van der Waals surface area contributed by atoms with Gasteiger partial charge in [0.15, 0.2) is 0 Å². The van der Waals surface area contributed by atoms with Gasteiger partial charge in [0, 0.05) is 16.1 Å². The second kappa shape index (κ2) is 6.62. The van der Waals surface area contributed by atoms with E-state index in [2.05, 4.69) is 31.3 Å². The zero-order chi connectivity index (χ0) is 18.3. The molecular formula is C18H12BrFN4OS. The number of para-hydroxylation sites is 1. The van der Waals surface area contributed by atoms with Gasteiger partial charge in [0.25, 0.3) is 5.91 Å². The average Bonchev–Trinajstić information content (AvgIpc) is 3.19. The number of carbonyl (C=O) groups is 1. The molecule has 4 rings (SSSR count). The number of halogens is 2. The van der Waals surface area contributed by atoms with Crippen molar-refractivity contribution in [3.05, 3.63) is 70.1 Å². The third kappa shape index (κ3) is 3.13. The number of anilines is 1. The van der Waals surface area contributed by atoms with E-state index in [0.717, 1.165) is 14.9 Å². The van der Waals surface area contributed by atoms with E-state index in [1.54, 1.807) is 42.5 Å². The minimum atomic E-state index is -0.380. The van der Waals surface area contributed by atoms with Crippen LogP contribution in [0.25, 0.3) is 15.3 Å². The number of nitrogens with zero attached hydrogens (tertiary/aromatic N) is 3. The first-order valence-corrected chi connectivity index (χ1v) is 9.31. The Morgan fingerprint density at radius 2 is 2.00 bits per heavy atom. The second-order valence-corrected chi connectivity index (χ2v) is 7.55. The minimum Gasteiger partial charge on any atom is -0.306 e. The Morgan fingerprint density at radius 1 is 1.23 bits per heavy atom. The third-order valence-electron chi connectivity index (χ3n) is 3.72. The molecule has 130 valence electrons. The molecule has 0 saturated heterocycles. The molecule has 8 heteroatoms. The highest BCUT2D eigenvalue weighted by molar-refractivity contribution is 9.10. The van der Waals surface area contributed by atoms with Gasteiger partial charge in [0.2, 0.25) is 5.13 Å². The number of thiazole rings is 1. The van der Waals surface area contributed by atoms with E-state index in [0.29, 0.717) is 22.0 Å². The van der Waals surface area contributed by atoms with Gasteiger partial charge in [0.1, 0.15) is 17.2 Å². The largest absolute Gasteiger partial charge is 0.306 e. The smallest absolute Gasteiger partial charge is 0.256 e. The number of carbonyl (C=O) groups excluding carboxylic acids is 1. The van der Waals surface area contributed by atoms with Crippen molar-refractivity contribution < 1.29 is 9.18 Å². The molecule has 0 aliphatic heterocycles. The zero-order valence-electron chi connectivity index (χ0n) is 13.5. The lowest BCUT2D eigenvalue weighted by molar-refractivity contribution is 0.102. The van der Waals surface area contributed by atoms with Crippen molar-refractivity contribution >= 4 is 49.2 Å². The summed E-state index contributed by atoms with van der Waals surface area (Å²) in [6, 6.07) is 13.6. The number of hydrogen-bond donors (Lipinski definition) is 1. The maximum atomic E-state index is 13.9. The maximum Gasteiger partial charge on any atom is 0.256 e. The van der Waals surface area contributed by atoms with E-state index >= 15 is 0 Å². The molecule has 2 aromatic carbocycles. The Balaban J connectivity index is 1.71. The van der Waals surface area contributed by atoms with E-state index in [-0.39, 0.29) is 11.7 Å². The van der Waals surface area contributed by atoms with E-state index in [1.165, 1.54) is 22.1 Å². The highest BCUT2D eigenvalue weighted by Gasteiger charge is 2.16. The summed E-state index contributed by atoms with van der Waals surface area (Å²) < 4.78 is 17.1. The first-order valence-electron chi connectivity index (χ1n) is 7.70. The number of fused-ring (bicyclic) bond motifs is 1. The Morgan fingerprint density at radius 3 is 2.73 bits per heavy atom. The maximum absolute atomic E-state index is 13.9. The standard InChI is InChI=1S/C18H12BrFN4OS/c1-10-9-15(21-17(25)11-5-7-12(19)8-6-11)24(23-10)18-22-16-13(20)3-2-4-14(16)26-18/h2-9H,1H3,(H,21,25). The van der Waals surface area contributed by atoms with Crippen molar-refractivity contribution in [2.45, 2.75) is 6.92 Å². The second-order valence-electron chi connectivity index (χ2n) is 5.63. The van der Waals surface area contributed by atoms with Gasteiger partial charge in [-0.15, -0.1) is 0 Å². The molecular weight excluding hydrogens is 419 g/mol. The topological polar surface area (TPSA) is 59.8 Å². The van der Waals surface area contributed by atoms with Gasteiger partial charge in [-0.1, -0.05) is 33.3 Å². The number of benzene rings is 2. The summed E-state index contributed by atoms with van der Waals surface area (Å²) in [4.78, 5) is 16.8.